The van der Waals surface area contributed by atoms with Crippen LogP contribution in [0.2, 0.25) is 0 Å². The van der Waals surface area contributed by atoms with Crippen LogP contribution < -0.4 is 5.32 Å². The molecule has 1 aliphatic rings. The Morgan fingerprint density at radius 3 is 2.40 bits per heavy atom. The summed E-state index contributed by atoms with van der Waals surface area (Å²) in [6.45, 7) is 6.45. The number of nitrogens with one attached hydrogen (secondary N) is 1. The molecule has 2 amide bonds. The summed E-state index contributed by atoms with van der Waals surface area (Å²) < 4.78 is 0.963. The first-order chi connectivity index (χ1) is 9.27. The summed E-state index contributed by atoms with van der Waals surface area (Å²) >= 11 is 3.35. The number of carbonyl (C=O) groups excluding carboxylic acids is 2. The quantitative estimate of drug-likeness (QED) is 0.900. The number of rotatable bonds is 2. The van der Waals surface area contributed by atoms with Crippen LogP contribution in [-0.2, 0) is 9.59 Å². The number of benzene rings is 1. The van der Waals surface area contributed by atoms with Gasteiger partial charge in [0, 0.05) is 28.7 Å². The lowest BCUT2D eigenvalue weighted by Crippen LogP contribution is -2.42. The van der Waals surface area contributed by atoms with Crippen LogP contribution in [0.4, 0.5) is 5.69 Å². The summed E-state index contributed by atoms with van der Waals surface area (Å²) in [5.74, 6) is -0.314. The monoisotopic (exact) mass is 338 g/mol. The van der Waals surface area contributed by atoms with Crippen molar-refractivity contribution in [1.29, 1.82) is 0 Å². The van der Waals surface area contributed by atoms with Gasteiger partial charge in [-0.3, -0.25) is 9.59 Å². The van der Waals surface area contributed by atoms with Crippen LogP contribution in [0, 0.1) is 5.92 Å². The molecule has 108 valence electrons. The van der Waals surface area contributed by atoms with Gasteiger partial charge in [0.15, 0.2) is 0 Å². The lowest BCUT2D eigenvalue weighted by atomic mass is 10.1. The van der Waals surface area contributed by atoms with Gasteiger partial charge in [-0.1, -0.05) is 15.9 Å². The molecule has 1 aromatic rings. The van der Waals surface area contributed by atoms with Gasteiger partial charge in [0.05, 0.1) is 5.92 Å². The first kappa shape index (κ1) is 15.0. The van der Waals surface area contributed by atoms with Crippen molar-refractivity contribution in [3.63, 3.8) is 0 Å². The van der Waals surface area contributed by atoms with Crippen molar-refractivity contribution in [2.24, 2.45) is 5.92 Å². The second kappa shape index (κ2) is 5.56. The third-order valence-electron chi connectivity index (χ3n) is 3.42. The highest BCUT2D eigenvalue weighted by Crippen LogP contribution is 2.26. The van der Waals surface area contributed by atoms with Gasteiger partial charge in [-0.15, -0.1) is 0 Å². The van der Waals surface area contributed by atoms with Crippen LogP contribution in [0.1, 0.15) is 27.2 Å². The van der Waals surface area contributed by atoms with Crippen LogP contribution in [0.25, 0.3) is 0 Å². The summed E-state index contributed by atoms with van der Waals surface area (Å²) in [4.78, 5) is 26.0. The van der Waals surface area contributed by atoms with Gasteiger partial charge in [0.2, 0.25) is 11.8 Å². The van der Waals surface area contributed by atoms with Gasteiger partial charge in [-0.05, 0) is 45.0 Å². The van der Waals surface area contributed by atoms with Gasteiger partial charge in [0.25, 0.3) is 0 Å². The minimum atomic E-state index is -0.273. The maximum atomic E-state index is 12.2. The predicted molar refractivity (Wildman–Crippen MR) is 82.3 cm³/mol. The largest absolute Gasteiger partial charge is 0.337 e. The molecule has 1 saturated heterocycles. The van der Waals surface area contributed by atoms with E-state index in [1.165, 1.54) is 0 Å². The number of carbonyl (C=O) groups is 2. The number of anilines is 1. The smallest absolute Gasteiger partial charge is 0.229 e. The van der Waals surface area contributed by atoms with E-state index in [0.29, 0.717) is 13.0 Å². The summed E-state index contributed by atoms with van der Waals surface area (Å²) in [6, 6.07) is 7.41. The van der Waals surface area contributed by atoms with Crippen LogP contribution >= 0.6 is 15.9 Å². The van der Waals surface area contributed by atoms with Crippen molar-refractivity contribution in [1.82, 2.24) is 4.90 Å². The number of hydrogen-bond donors (Lipinski definition) is 1. The Morgan fingerprint density at radius 2 is 1.90 bits per heavy atom. The number of hydrogen-bond acceptors (Lipinski definition) is 2. The van der Waals surface area contributed by atoms with Crippen LogP contribution in [0.5, 0.6) is 0 Å². The second-order valence-electron chi connectivity index (χ2n) is 6.07. The Kier molecular flexibility index (Phi) is 4.18. The lowest BCUT2D eigenvalue weighted by Gasteiger charge is -2.31. The van der Waals surface area contributed by atoms with Crippen LogP contribution in [0.3, 0.4) is 0 Å². The van der Waals surface area contributed by atoms with Gasteiger partial charge in [0.1, 0.15) is 0 Å². The Labute approximate surface area is 127 Å². The van der Waals surface area contributed by atoms with E-state index in [-0.39, 0.29) is 23.3 Å². The summed E-state index contributed by atoms with van der Waals surface area (Å²) in [5.41, 5.74) is 0.517. The van der Waals surface area contributed by atoms with Crippen molar-refractivity contribution in [3.8, 4) is 0 Å². The van der Waals surface area contributed by atoms with Crippen LogP contribution in [0.15, 0.2) is 28.7 Å². The molecular weight excluding hydrogens is 320 g/mol. The summed E-state index contributed by atoms with van der Waals surface area (Å²) in [6.07, 6.45) is 0.291. The van der Waals surface area contributed by atoms with Gasteiger partial charge in [-0.25, -0.2) is 0 Å². The molecule has 20 heavy (non-hydrogen) atoms. The average Bonchev–Trinajstić information content (AvgIpc) is 2.74. The molecule has 1 fully saturated rings. The predicted octanol–water partition coefficient (Wildman–Crippen LogP) is 3.03. The lowest BCUT2D eigenvalue weighted by molar-refractivity contribution is -0.131. The highest BCUT2D eigenvalue weighted by molar-refractivity contribution is 9.10. The third kappa shape index (κ3) is 3.39. The Hall–Kier alpha value is -1.36. The topological polar surface area (TPSA) is 49.4 Å². The molecule has 2 rings (SSSR count). The highest BCUT2D eigenvalue weighted by Gasteiger charge is 2.39. The minimum absolute atomic E-state index is 0.0495. The van der Waals surface area contributed by atoms with Crippen molar-refractivity contribution >= 4 is 33.4 Å². The minimum Gasteiger partial charge on any atom is -0.337 e. The standard InChI is InChI=1S/C15H19BrN2O2/c1-15(2,3)18-9-10(8-13(18)19)14(20)17-12-6-4-11(16)5-7-12/h4-7,10H,8-9H2,1-3H3,(H,17,20)/t10-/m1/s1. The average molecular weight is 339 g/mol. The van der Waals surface area contributed by atoms with Crippen molar-refractivity contribution in [2.45, 2.75) is 32.7 Å². The third-order valence-corrected chi connectivity index (χ3v) is 3.95. The van der Waals surface area contributed by atoms with E-state index in [4.69, 9.17) is 0 Å². The molecule has 0 aromatic heterocycles. The number of halogens is 1. The van der Waals surface area contributed by atoms with E-state index in [9.17, 15) is 9.59 Å². The summed E-state index contributed by atoms with van der Waals surface area (Å²) in [5, 5.41) is 2.86. The Morgan fingerprint density at radius 1 is 1.30 bits per heavy atom. The molecule has 0 saturated carbocycles. The van der Waals surface area contributed by atoms with E-state index in [0.717, 1.165) is 10.2 Å². The van der Waals surface area contributed by atoms with Gasteiger partial charge >= 0.3 is 0 Å². The first-order valence-corrected chi connectivity index (χ1v) is 7.43. The van der Waals surface area contributed by atoms with Crippen LogP contribution in [-0.4, -0.2) is 28.8 Å². The zero-order valence-electron chi connectivity index (χ0n) is 11.9. The van der Waals surface area contributed by atoms with E-state index in [2.05, 4.69) is 21.2 Å². The fourth-order valence-corrected chi connectivity index (χ4v) is 2.57. The van der Waals surface area contributed by atoms with Gasteiger partial charge in [-0.2, -0.15) is 0 Å². The second-order valence-corrected chi connectivity index (χ2v) is 6.99. The maximum absolute atomic E-state index is 12.2. The van der Waals surface area contributed by atoms with E-state index >= 15 is 0 Å². The fraction of sp³-hybridized carbons (Fsp3) is 0.467. The molecule has 0 radical (unpaired) electrons. The zero-order chi connectivity index (χ0) is 14.9. The SMILES string of the molecule is CC(C)(C)N1C[C@H](C(=O)Nc2ccc(Br)cc2)CC1=O. The molecule has 0 aliphatic carbocycles. The maximum Gasteiger partial charge on any atom is 0.229 e. The Balaban J connectivity index is 2.01. The molecule has 0 unspecified atom stereocenters. The molecule has 1 atom stereocenters. The highest BCUT2D eigenvalue weighted by atomic mass is 79.9. The molecule has 5 heteroatoms. The zero-order valence-corrected chi connectivity index (χ0v) is 13.5. The molecular formula is C15H19BrN2O2. The molecule has 4 nitrogen and oxygen atoms in total. The van der Waals surface area contributed by atoms with Crippen molar-refractivity contribution in [3.05, 3.63) is 28.7 Å². The molecule has 1 N–H and O–H groups in total. The fourth-order valence-electron chi connectivity index (χ4n) is 2.31. The Bertz CT molecular complexity index is 520. The van der Waals surface area contributed by atoms with E-state index < -0.39 is 0 Å². The van der Waals surface area contributed by atoms with Crippen molar-refractivity contribution in [2.75, 3.05) is 11.9 Å². The van der Waals surface area contributed by atoms with Crippen molar-refractivity contribution < 1.29 is 9.59 Å². The first-order valence-electron chi connectivity index (χ1n) is 6.64. The van der Waals surface area contributed by atoms with E-state index in [1.807, 2.05) is 45.0 Å². The number of amides is 2. The normalized spacial score (nSPS) is 19.3. The molecule has 1 aromatic carbocycles. The summed E-state index contributed by atoms with van der Waals surface area (Å²) in [7, 11) is 0. The molecule has 1 aliphatic heterocycles. The molecule has 0 spiro atoms. The molecule has 0 bridgehead atoms. The number of nitrogens with zero attached hydrogens (tertiary/aromatic N) is 1. The van der Waals surface area contributed by atoms with E-state index in [1.54, 1.807) is 4.90 Å². The number of likely N-dealkylation sites (tertiary alicyclic amines) is 1. The van der Waals surface area contributed by atoms with Gasteiger partial charge < -0.3 is 10.2 Å². The molecule has 1 heterocycles.